The molecule has 1 aromatic carbocycles. The molecular formula is C17H15Cl6N3O2S. The average molecular weight is 538 g/mol. The van der Waals surface area contributed by atoms with Crippen LogP contribution in [0, 0.1) is 5.92 Å². The number of hydrogen-bond donors (Lipinski definition) is 1. The van der Waals surface area contributed by atoms with E-state index >= 15 is 0 Å². The molecule has 29 heavy (non-hydrogen) atoms. The van der Waals surface area contributed by atoms with Gasteiger partial charge in [-0.3, -0.25) is 4.79 Å². The van der Waals surface area contributed by atoms with Gasteiger partial charge >= 0.3 is 5.97 Å². The molecule has 5 nitrogen and oxygen atoms in total. The van der Waals surface area contributed by atoms with Crippen LogP contribution in [-0.2, 0) is 17.1 Å². The average Bonchev–Trinajstić information content (AvgIpc) is 2.64. The second-order valence-electron chi connectivity index (χ2n) is 6.07. The van der Waals surface area contributed by atoms with E-state index in [4.69, 9.17) is 69.6 Å². The number of benzene rings is 1. The number of hydrogen-bond acceptors (Lipinski definition) is 5. The third-order valence-electron chi connectivity index (χ3n) is 4.12. The van der Waals surface area contributed by atoms with Crippen LogP contribution in [0.4, 0.5) is 0 Å². The fourth-order valence-electron chi connectivity index (χ4n) is 2.47. The van der Waals surface area contributed by atoms with Crippen molar-refractivity contribution in [3.63, 3.8) is 0 Å². The molecule has 2 rings (SSSR count). The van der Waals surface area contributed by atoms with Crippen LogP contribution in [0.2, 0.25) is 0 Å². The highest BCUT2D eigenvalue weighted by Gasteiger charge is 2.50. The number of aromatic nitrogens is 3. The number of carboxylic acids is 1. The standard InChI is InChI=1S/C17H15Cl6N3O2S/c1-3-9(2)15(14(27)28,29-10-7-5-4-6-8-10)11-24-12(16(18,19)20)26-13(25-11)17(21,22)23/h4-9H,3H2,1-2H3,(H,27,28). The molecule has 158 valence electrons. The van der Waals surface area contributed by atoms with Crippen LogP contribution in [0.3, 0.4) is 0 Å². The molecule has 0 amide bonds. The van der Waals surface area contributed by atoms with Crippen LogP contribution in [0.25, 0.3) is 0 Å². The van der Waals surface area contributed by atoms with Crippen molar-refractivity contribution in [2.75, 3.05) is 0 Å². The molecule has 0 saturated heterocycles. The fraction of sp³-hybridized carbons (Fsp3) is 0.412. The van der Waals surface area contributed by atoms with E-state index in [-0.39, 0.29) is 17.5 Å². The molecule has 1 heterocycles. The summed E-state index contributed by atoms with van der Waals surface area (Å²) in [7, 11) is 0. The molecular weight excluding hydrogens is 523 g/mol. The third kappa shape index (κ3) is 5.73. The summed E-state index contributed by atoms with van der Waals surface area (Å²) in [6.45, 7) is 3.61. The molecule has 0 spiro atoms. The highest BCUT2D eigenvalue weighted by atomic mass is 35.6. The van der Waals surface area contributed by atoms with Gasteiger partial charge in [0.2, 0.25) is 7.59 Å². The first kappa shape index (κ1) is 25.1. The van der Waals surface area contributed by atoms with Gasteiger partial charge < -0.3 is 5.11 Å². The molecule has 0 fully saturated rings. The maximum atomic E-state index is 12.6. The maximum Gasteiger partial charge on any atom is 0.328 e. The normalized spacial score (nSPS) is 15.6. The van der Waals surface area contributed by atoms with Crippen LogP contribution in [0.1, 0.15) is 37.7 Å². The van der Waals surface area contributed by atoms with E-state index in [9.17, 15) is 9.90 Å². The summed E-state index contributed by atoms with van der Waals surface area (Å²) in [5, 5.41) is 10.3. The molecule has 2 atom stereocenters. The Bertz CT molecular complexity index is 843. The molecule has 0 aliphatic carbocycles. The zero-order valence-electron chi connectivity index (χ0n) is 15.0. The monoisotopic (exact) mass is 535 g/mol. The van der Waals surface area contributed by atoms with Crippen LogP contribution < -0.4 is 0 Å². The predicted octanol–water partition coefficient (Wildman–Crippen LogP) is 6.64. The minimum atomic E-state index is -2.08. The zero-order chi connectivity index (χ0) is 22.0. The van der Waals surface area contributed by atoms with Gasteiger partial charge in [-0.25, -0.2) is 15.0 Å². The van der Waals surface area contributed by atoms with Crippen molar-refractivity contribution in [2.24, 2.45) is 5.92 Å². The summed E-state index contributed by atoms with van der Waals surface area (Å²) >= 11 is 36.8. The molecule has 0 aliphatic rings. The lowest BCUT2D eigenvalue weighted by Gasteiger charge is -2.33. The first-order valence-electron chi connectivity index (χ1n) is 8.20. The SMILES string of the molecule is CCC(C)C(Sc1ccccc1)(C(=O)O)c1nc(C(Cl)(Cl)Cl)nc(C(Cl)(Cl)Cl)n1. The molecule has 2 unspecified atom stereocenters. The third-order valence-corrected chi connectivity index (χ3v) is 6.72. The van der Waals surface area contributed by atoms with Crippen molar-refractivity contribution in [1.29, 1.82) is 0 Å². The number of rotatable bonds is 6. The molecule has 1 N–H and O–H groups in total. The Kier molecular flexibility index (Phi) is 8.22. The number of nitrogens with zero attached hydrogens (tertiary/aromatic N) is 3. The number of halogens is 6. The van der Waals surface area contributed by atoms with Gasteiger partial charge in [-0.05, 0) is 18.1 Å². The molecule has 0 saturated carbocycles. The van der Waals surface area contributed by atoms with Gasteiger partial charge in [-0.2, -0.15) is 0 Å². The number of carboxylic acid groups (broad SMARTS) is 1. The summed E-state index contributed by atoms with van der Waals surface area (Å²) in [6, 6.07) is 8.95. The second-order valence-corrected chi connectivity index (χ2v) is 11.9. The number of aliphatic carboxylic acids is 1. The highest BCUT2D eigenvalue weighted by Crippen LogP contribution is 2.49. The Morgan fingerprint density at radius 2 is 1.41 bits per heavy atom. The zero-order valence-corrected chi connectivity index (χ0v) is 20.4. The van der Waals surface area contributed by atoms with Gasteiger partial charge in [-0.1, -0.05) is 120 Å². The van der Waals surface area contributed by atoms with Crippen LogP contribution in [0.15, 0.2) is 35.2 Å². The van der Waals surface area contributed by atoms with Gasteiger partial charge in [-0.15, -0.1) is 0 Å². The van der Waals surface area contributed by atoms with Crippen molar-refractivity contribution >= 4 is 87.3 Å². The first-order valence-corrected chi connectivity index (χ1v) is 11.3. The second kappa shape index (κ2) is 9.51. The fourth-order valence-corrected chi connectivity index (χ4v) is 4.28. The minimum absolute atomic E-state index is 0.175. The number of carbonyl (C=O) groups is 1. The molecule has 12 heteroatoms. The first-order chi connectivity index (χ1) is 13.3. The smallest absolute Gasteiger partial charge is 0.328 e. The van der Waals surface area contributed by atoms with E-state index in [1.54, 1.807) is 31.2 Å². The van der Waals surface area contributed by atoms with E-state index in [1.807, 2.05) is 13.0 Å². The Morgan fingerprint density at radius 3 is 1.79 bits per heavy atom. The number of alkyl halides is 6. The van der Waals surface area contributed by atoms with Crippen molar-refractivity contribution in [3.05, 3.63) is 47.8 Å². The summed E-state index contributed by atoms with van der Waals surface area (Å²) in [5.74, 6) is -2.48. The predicted molar refractivity (Wildman–Crippen MR) is 119 cm³/mol. The van der Waals surface area contributed by atoms with Gasteiger partial charge in [0, 0.05) is 4.90 Å². The van der Waals surface area contributed by atoms with Gasteiger partial charge in [0.15, 0.2) is 22.2 Å². The van der Waals surface area contributed by atoms with Crippen molar-refractivity contribution in [3.8, 4) is 0 Å². The Balaban J connectivity index is 2.83. The number of thioether (sulfide) groups is 1. The summed E-state index contributed by atoms with van der Waals surface area (Å²) < 4.78 is -5.83. The minimum Gasteiger partial charge on any atom is -0.480 e. The Morgan fingerprint density at radius 1 is 0.966 bits per heavy atom. The Hall–Kier alpha value is -0.210. The van der Waals surface area contributed by atoms with E-state index in [0.717, 1.165) is 11.8 Å². The topological polar surface area (TPSA) is 76.0 Å². The summed E-state index contributed by atoms with van der Waals surface area (Å²) in [4.78, 5) is 25.6. The summed E-state index contributed by atoms with van der Waals surface area (Å²) in [6.07, 6.45) is 0.490. The van der Waals surface area contributed by atoms with Crippen molar-refractivity contribution in [1.82, 2.24) is 15.0 Å². The lowest BCUT2D eigenvalue weighted by atomic mass is 9.89. The van der Waals surface area contributed by atoms with E-state index in [1.165, 1.54) is 0 Å². The summed E-state index contributed by atoms with van der Waals surface area (Å²) in [5.41, 5.74) is 0. The quantitative estimate of drug-likeness (QED) is 0.328. The van der Waals surface area contributed by atoms with Crippen LogP contribution >= 0.6 is 81.4 Å². The molecule has 0 bridgehead atoms. The molecule has 1 aromatic heterocycles. The van der Waals surface area contributed by atoms with Crippen LogP contribution in [0.5, 0.6) is 0 Å². The van der Waals surface area contributed by atoms with Gasteiger partial charge in [0.05, 0.1) is 0 Å². The lowest BCUT2D eigenvalue weighted by Crippen LogP contribution is -2.41. The van der Waals surface area contributed by atoms with E-state index in [2.05, 4.69) is 15.0 Å². The van der Waals surface area contributed by atoms with Crippen molar-refractivity contribution in [2.45, 2.75) is 37.5 Å². The molecule has 0 radical (unpaired) electrons. The Labute approximate surface area is 202 Å². The van der Waals surface area contributed by atoms with E-state index in [0.29, 0.717) is 11.3 Å². The van der Waals surface area contributed by atoms with Crippen LogP contribution in [-0.4, -0.2) is 26.0 Å². The maximum absolute atomic E-state index is 12.6. The van der Waals surface area contributed by atoms with Gasteiger partial charge in [0.25, 0.3) is 0 Å². The highest BCUT2D eigenvalue weighted by molar-refractivity contribution is 8.01. The largest absolute Gasteiger partial charge is 0.480 e. The van der Waals surface area contributed by atoms with Crippen molar-refractivity contribution < 1.29 is 9.90 Å². The molecule has 2 aromatic rings. The van der Waals surface area contributed by atoms with Gasteiger partial charge in [0.1, 0.15) is 0 Å². The molecule has 0 aliphatic heterocycles. The lowest BCUT2D eigenvalue weighted by molar-refractivity contribution is -0.142. The van der Waals surface area contributed by atoms with E-state index < -0.39 is 24.2 Å².